The molecule has 1 heterocycles. The molecule has 3 N–H and O–H groups in total. The number of thiophene rings is 1. The molecule has 1 aromatic rings. The lowest BCUT2D eigenvalue weighted by Crippen LogP contribution is -2.44. The Morgan fingerprint density at radius 3 is 2.52 bits per heavy atom. The maximum absolute atomic E-state index is 12.0. The molecule has 1 aromatic heterocycles. The minimum atomic E-state index is -0.735. The van der Waals surface area contributed by atoms with Crippen molar-refractivity contribution in [2.75, 3.05) is 0 Å². The van der Waals surface area contributed by atoms with E-state index in [9.17, 15) is 9.59 Å². The van der Waals surface area contributed by atoms with Crippen LogP contribution in [-0.2, 0) is 4.79 Å². The molecule has 1 atom stereocenters. The fourth-order valence-electron chi connectivity index (χ4n) is 2.54. The molecule has 1 fully saturated rings. The van der Waals surface area contributed by atoms with Crippen LogP contribution in [0, 0.1) is 5.92 Å². The summed E-state index contributed by atoms with van der Waals surface area (Å²) in [6, 6.07) is 3.45. The topological polar surface area (TPSA) is 78.4 Å². The molecule has 1 saturated carbocycles. The molecule has 1 aliphatic rings. The highest BCUT2D eigenvalue weighted by molar-refractivity contribution is 7.16. The van der Waals surface area contributed by atoms with Gasteiger partial charge in [-0.1, -0.05) is 11.6 Å². The molecule has 0 bridgehead atoms. The van der Waals surface area contributed by atoms with Gasteiger partial charge in [0.25, 0.3) is 0 Å². The molecule has 0 saturated heterocycles. The lowest BCUT2D eigenvalue weighted by molar-refractivity contribution is -0.142. The van der Waals surface area contributed by atoms with Gasteiger partial charge in [-0.05, 0) is 44.7 Å². The van der Waals surface area contributed by atoms with Crippen molar-refractivity contribution in [3.8, 4) is 0 Å². The van der Waals surface area contributed by atoms with Gasteiger partial charge in [0.05, 0.1) is 16.3 Å². The van der Waals surface area contributed by atoms with E-state index in [4.69, 9.17) is 16.7 Å². The van der Waals surface area contributed by atoms with Crippen molar-refractivity contribution in [2.45, 2.75) is 44.7 Å². The molecule has 1 unspecified atom stereocenters. The van der Waals surface area contributed by atoms with Crippen LogP contribution in [0.2, 0.25) is 4.34 Å². The lowest BCUT2D eigenvalue weighted by Gasteiger charge is -2.27. The van der Waals surface area contributed by atoms with E-state index in [1.165, 1.54) is 11.3 Å². The summed E-state index contributed by atoms with van der Waals surface area (Å²) in [5, 5.41) is 14.7. The zero-order valence-corrected chi connectivity index (χ0v) is 13.3. The maximum atomic E-state index is 12.0. The molecule has 0 radical (unpaired) electrons. The van der Waals surface area contributed by atoms with Crippen LogP contribution < -0.4 is 10.6 Å². The summed E-state index contributed by atoms with van der Waals surface area (Å²) in [6.07, 6.45) is 2.67. The normalized spacial score (nSPS) is 23.3. The highest BCUT2D eigenvalue weighted by Crippen LogP contribution is 2.27. The third kappa shape index (κ3) is 4.61. The number of carboxylic acids is 1. The fraction of sp³-hybridized carbons (Fsp3) is 0.571. The van der Waals surface area contributed by atoms with Crippen LogP contribution in [0.5, 0.6) is 0 Å². The predicted molar refractivity (Wildman–Crippen MR) is 82.8 cm³/mol. The van der Waals surface area contributed by atoms with E-state index in [1.807, 2.05) is 19.1 Å². The number of hydrogen-bond donors (Lipinski definition) is 3. The Labute approximate surface area is 132 Å². The minimum absolute atomic E-state index is 0.0553. The Balaban J connectivity index is 1.76. The summed E-state index contributed by atoms with van der Waals surface area (Å²) < 4.78 is 0.700. The quantitative estimate of drug-likeness (QED) is 0.791. The van der Waals surface area contributed by atoms with Crippen LogP contribution in [-0.4, -0.2) is 23.1 Å². The zero-order chi connectivity index (χ0) is 15.4. The average molecular weight is 331 g/mol. The van der Waals surface area contributed by atoms with Crippen LogP contribution in [0.15, 0.2) is 12.1 Å². The molecule has 2 rings (SSSR count). The van der Waals surface area contributed by atoms with Crippen LogP contribution >= 0.6 is 22.9 Å². The Kier molecular flexibility index (Phi) is 5.47. The molecule has 1 aliphatic carbocycles. The average Bonchev–Trinajstić information content (AvgIpc) is 2.86. The number of aliphatic carboxylic acids is 1. The Hall–Kier alpha value is -1.27. The van der Waals surface area contributed by atoms with Gasteiger partial charge in [-0.3, -0.25) is 4.79 Å². The van der Waals surface area contributed by atoms with Crippen molar-refractivity contribution in [1.29, 1.82) is 0 Å². The van der Waals surface area contributed by atoms with Crippen molar-refractivity contribution >= 4 is 34.9 Å². The molecule has 7 heteroatoms. The van der Waals surface area contributed by atoms with Gasteiger partial charge in [0.2, 0.25) is 0 Å². The number of carbonyl (C=O) groups is 2. The number of urea groups is 1. The van der Waals surface area contributed by atoms with Crippen molar-refractivity contribution in [3.05, 3.63) is 21.3 Å². The predicted octanol–water partition coefficient (Wildman–Crippen LogP) is 3.41. The van der Waals surface area contributed by atoms with E-state index in [0.717, 1.165) is 4.88 Å². The largest absolute Gasteiger partial charge is 0.481 e. The SMILES string of the molecule is CC(NC(=O)NC1CCC(C(=O)O)CC1)c1ccc(Cl)s1. The second-order valence-electron chi connectivity index (χ2n) is 5.37. The summed E-state index contributed by atoms with van der Waals surface area (Å²) in [5.74, 6) is -1.00. The summed E-state index contributed by atoms with van der Waals surface area (Å²) >= 11 is 7.32. The molecule has 2 amide bonds. The van der Waals surface area contributed by atoms with E-state index in [1.54, 1.807) is 0 Å². The number of amides is 2. The second kappa shape index (κ2) is 7.13. The summed E-state index contributed by atoms with van der Waals surface area (Å²) in [6.45, 7) is 1.91. The van der Waals surface area contributed by atoms with Crippen LogP contribution in [0.1, 0.15) is 43.5 Å². The van der Waals surface area contributed by atoms with Gasteiger partial charge in [0.1, 0.15) is 0 Å². The third-order valence-electron chi connectivity index (χ3n) is 3.78. The number of rotatable bonds is 4. The van der Waals surface area contributed by atoms with Crippen molar-refractivity contribution in [2.24, 2.45) is 5.92 Å². The van der Waals surface area contributed by atoms with E-state index in [-0.39, 0.29) is 24.0 Å². The fourth-order valence-corrected chi connectivity index (χ4v) is 3.60. The van der Waals surface area contributed by atoms with Gasteiger partial charge >= 0.3 is 12.0 Å². The molecule has 0 aliphatic heterocycles. The van der Waals surface area contributed by atoms with Crippen molar-refractivity contribution in [3.63, 3.8) is 0 Å². The van der Waals surface area contributed by atoms with Gasteiger partial charge in [0.15, 0.2) is 0 Å². The van der Waals surface area contributed by atoms with Gasteiger partial charge in [-0.15, -0.1) is 11.3 Å². The first kappa shape index (κ1) is 16.1. The molecule has 0 aromatic carbocycles. The molecule has 0 spiro atoms. The van der Waals surface area contributed by atoms with E-state index in [0.29, 0.717) is 30.0 Å². The van der Waals surface area contributed by atoms with Gasteiger partial charge in [-0.2, -0.15) is 0 Å². The van der Waals surface area contributed by atoms with Crippen LogP contribution in [0.3, 0.4) is 0 Å². The maximum Gasteiger partial charge on any atom is 0.315 e. The molecular weight excluding hydrogens is 312 g/mol. The van der Waals surface area contributed by atoms with E-state index in [2.05, 4.69) is 10.6 Å². The van der Waals surface area contributed by atoms with Crippen molar-refractivity contribution < 1.29 is 14.7 Å². The summed E-state index contributed by atoms with van der Waals surface area (Å²) in [4.78, 5) is 23.8. The number of hydrogen-bond acceptors (Lipinski definition) is 3. The Morgan fingerprint density at radius 2 is 2.00 bits per heavy atom. The Morgan fingerprint density at radius 1 is 1.33 bits per heavy atom. The van der Waals surface area contributed by atoms with Crippen molar-refractivity contribution in [1.82, 2.24) is 10.6 Å². The minimum Gasteiger partial charge on any atom is -0.481 e. The highest BCUT2D eigenvalue weighted by atomic mass is 35.5. The first-order chi connectivity index (χ1) is 9.95. The number of nitrogens with one attached hydrogen (secondary N) is 2. The molecule has 5 nitrogen and oxygen atoms in total. The lowest BCUT2D eigenvalue weighted by atomic mass is 9.86. The zero-order valence-electron chi connectivity index (χ0n) is 11.8. The number of carbonyl (C=O) groups excluding carboxylic acids is 1. The smallest absolute Gasteiger partial charge is 0.315 e. The number of halogens is 1. The molecule has 21 heavy (non-hydrogen) atoms. The monoisotopic (exact) mass is 330 g/mol. The Bertz CT molecular complexity index is 512. The van der Waals surface area contributed by atoms with Gasteiger partial charge in [0, 0.05) is 10.9 Å². The molecular formula is C14H19ClN2O3S. The first-order valence-corrected chi connectivity index (χ1v) is 8.20. The standard InChI is InChI=1S/C14H19ClN2O3S/c1-8(11-6-7-12(15)21-11)16-14(20)17-10-4-2-9(3-5-10)13(18)19/h6-10H,2-5H2,1H3,(H,18,19)(H2,16,17,20). The number of carboxylic acid groups (broad SMARTS) is 1. The van der Waals surface area contributed by atoms with Crippen LogP contribution in [0.25, 0.3) is 0 Å². The van der Waals surface area contributed by atoms with E-state index < -0.39 is 5.97 Å². The highest BCUT2D eigenvalue weighted by Gasteiger charge is 2.26. The first-order valence-electron chi connectivity index (χ1n) is 7.00. The molecule has 116 valence electrons. The third-order valence-corrected chi connectivity index (χ3v) is 5.19. The second-order valence-corrected chi connectivity index (χ2v) is 7.11. The van der Waals surface area contributed by atoms with E-state index >= 15 is 0 Å². The van der Waals surface area contributed by atoms with Gasteiger partial charge in [-0.25, -0.2) is 4.79 Å². The summed E-state index contributed by atoms with van der Waals surface area (Å²) in [5.41, 5.74) is 0. The van der Waals surface area contributed by atoms with Crippen LogP contribution in [0.4, 0.5) is 4.79 Å². The van der Waals surface area contributed by atoms with Gasteiger partial charge < -0.3 is 15.7 Å². The summed E-state index contributed by atoms with van der Waals surface area (Å²) in [7, 11) is 0.